The number of nitrogens with two attached hydrogens (primary N) is 2. The first-order chi connectivity index (χ1) is 7.40. The molecule has 3 amide bonds. The number of rotatable bonds is 4. The predicted molar refractivity (Wildman–Crippen MR) is 49.4 cm³/mol. The van der Waals surface area contributed by atoms with Gasteiger partial charge in [0.2, 0.25) is 11.8 Å². The molecule has 0 aliphatic carbocycles. The van der Waals surface area contributed by atoms with Gasteiger partial charge in [-0.15, -0.1) is 0 Å². The number of primary amides is 1. The van der Waals surface area contributed by atoms with E-state index >= 15 is 0 Å². The number of imide groups is 1. The number of hydrogen-bond acceptors (Lipinski definition) is 6. The highest BCUT2D eigenvalue weighted by molar-refractivity contribution is 6.05. The standard InChI is InChI=1S/C8H11N3O5/c9-3(1-5(10)12)8(15)16-4-2-6(13)11-7(4)14/h3-4H,1-2,9H2,(H2,10,12)(H,11,13,14). The Labute approximate surface area is 90.3 Å². The molecule has 88 valence electrons. The van der Waals surface area contributed by atoms with Crippen LogP contribution in [0.3, 0.4) is 0 Å². The monoisotopic (exact) mass is 229 g/mol. The molecule has 8 heteroatoms. The quantitative estimate of drug-likeness (QED) is 0.350. The summed E-state index contributed by atoms with van der Waals surface area (Å²) in [7, 11) is 0. The molecule has 1 aliphatic rings. The summed E-state index contributed by atoms with van der Waals surface area (Å²) in [5, 5.41) is 1.96. The molecular formula is C8H11N3O5. The summed E-state index contributed by atoms with van der Waals surface area (Å²) in [6.07, 6.45) is -1.77. The molecule has 2 atom stereocenters. The van der Waals surface area contributed by atoms with Crippen molar-refractivity contribution in [2.75, 3.05) is 0 Å². The maximum Gasteiger partial charge on any atom is 0.324 e. The first kappa shape index (κ1) is 12.1. The van der Waals surface area contributed by atoms with Crippen molar-refractivity contribution in [1.82, 2.24) is 5.32 Å². The lowest BCUT2D eigenvalue weighted by Crippen LogP contribution is -2.39. The fourth-order valence-electron chi connectivity index (χ4n) is 1.15. The van der Waals surface area contributed by atoms with E-state index in [0.717, 1.165) is 0 Å². The van der Waals surface area contributed by atoms with Crippen molar-refractivity contribution < 1.29 is 23.9 Å². The number of ether oxygens (including phenoxy) is 1. The first-order valence-corrected chi connectivity index (χ1v) is 4.48. The molecule has 0 aromatic heterocycles. The van der Waals surface area contributed by atoms with Gasteiger partial charge in [-0.3, -0.25) is 24.5 Å². The fraction of sp³-hybridized carbons (Fsp3) is 0.500. The van der Waals surface area contributed by atoms with E-state index in [4.69, 9.17) is 11.5 Å². The van der Waals surface area contributed by atoms with Crippen molar-refractivity contribution in [3.8, 4) is 0 Å². The van der Waals surface area contributed by atoms with Crippen molar-refractivity contribution in [3.05, 3.63) is 0 Å². The zero-order valence-electron chi connectivity index (χ0n) is 8.26. The molecular weight excluding hydrogens is 218 g/mol. The van der Waals surface area contributed by atoms with E-state index in [2.05, 4.69) is 4.74 Å². The summed E-state index contributed by atoms with van der Waals surface area (Å²) in [6, 6.07) is -1.22. The third-order valence-electron chi connectivity index (χ3n) is 1.91. The van der Waals surface area contributed by atoms with Gasteiger partial charge in [0, 0.05) is 0 Å². The van der Waals surface area contributed by atoms with E-state index in [1.54, 1.807) is 0 Å². The van der Waals surface area contributed by atoms with Gasteiger partial charge < -0.3 is 16.2 Å². The van der Waals surface area contributed by atoms with Crippen LogP contribution in [0.15, 0.2) is 0 Å². The molecule has 2 unspecified atom stereocenters. The maximum absolute atomic E-state index is 11.2. The van der Waals surface area contributed by atoms with Gasteiger partial charge in [0.25, 0.3) is 5.91 Å². The minimum absolute atomic E-state index is 0.228. The Balaban J connectivity index is 2.48. The number of esters is 1. The minimum atomic E-state index is -1.22. The van der Waals surface area contributed by atoms with Gasteiger partial charge in [-0.2, -0.15) is 0 Å². The summed E-state index contributed by atoms with van der Waals surface area (Å²) in [6.45, 7) is 0. The van der Waals surface area contributed by atoms with E-state index < -0.39 is 35.8 Å². The molecule has 1 rings (SSSR count). The summed E-state index contributed by atoms with van der Waals surface area (Å²) in [5.41, 5.74) is 10.1. The van der Waals surface area contributed by atoms with Crippen LogP contribution < -0.4 is 16.8 Å². The lowest BCUT2D eigenvalue weighted by atomic mass is 10.2. The Morgan fingerprint density at radius 1 is 1.50 bits per heavy atom. The van der Waals surface area contributed by atoms with Crippen LogP contribution in [0.1, 0.15) is 12.8 Å². The average molecular weight is 229 g/mol. The number of carbonyl (C=O) groups is 4. The van der Waals surface area contributed by atoms with Gasteiger partial charge in [0.15, 0.2) is 6.10 Å². The third kappa shape index (κ3) is 3.02. The van der Waals surface area contributed by atoms with Gasteiger partial charge >= 0.3 is 5.97 Å². The number of hydrogen-bond donors (Lipinski definition) is 3. The van der Waals surface area contributed by atoms with Crippen LogP contribution in [0.4, 0.5) is 0 Å². The molecule has 0 saturated carbocycles. The molecule has 1 saturated heterocycles. The van der Waals surface area contributed by atoms with Crippen molar-refractivity contribution >= 4 is 23.7 Å². The second-order valence-electron chi connectivity index (χ2n) is 3.32. The topological polar surface area (TPSA) is 142 Å². The Bertz CT molecular complexity index is 354. The van der Waals surface area contributed by atoms with E-state index in [0.29, 0.717) is 0 Å². The molecule has 0 radical (unpaired) electrons. The normalized spacial score (nSPS) is 21.4. The van der Waals surface area contributed by atoms with Crippen molar-refractivity contribution in [1.29, 1.82) is 0 Å². The van der Waals surface area contributed by atoms with Gasteiger partial charge in [-0.1, -0.05) is 0 Å². The van der Waals surface area contributed by atoms with Gasteiger partial charge in [0.05, 0.1) is 12.8 Å². The van der Waals surface area contributed by atoms with Crippen LogP contribution in [-0.2, 0) is 23.9 Å². The summed E-state index contributed by atoms with van der Waals surface area (Å²) >= 11 is 0. The molecule has 1 aliphatic heterocycles. The summed E-state index contributed by atoms with van der Waals surface area (Å²) in [5.74, 6) is -2.90. The zero-order valence-corrected chi connectivity index (χ0v) is 8.26. The molecule has 0 bridgehead atoms. The number of carbonyl (C=O) groups excluding carboxylic acids is 4. The lowest BCUT2D eigenvalue weighted by Gasteiger charge is -2.12. The van der Waals surface area contributed by atoms with Crippen LogP contribution in [0, 0.1) is 0 Å². The molecule has 16 heavy (non-hydrogen) atoms. The van der Waals surface area contributed by atoms with Crippen molar-refractivity contribution in [3.63, 3.8) is 0 Å². The highest BCUT2D eigenvalue weighted by Crippen LogP contribution is 2.07. The molecule has 0 spiro atoms. The molecule has 1 heterocycles. The Morgan fingerprint density at radius 2 is 2.12 bits per heavy atom. The second kappa shape index (κ2) is 4.71. The van der Waals surface area contributed by atoms with Gasteiger partial charge in [0.1, 0.15) is 6.04 Å². The van der Waals surface area contributed by atoms with Crippen LogP contribution in [0.2, 0.25) is 0 Å². The van der Waals surface area contributed by atoms with E-state index in [1.165, 1.54) is 0 Å². The van der Waals surface area contributed by atoms with Crippen LogP contribution in [-0.4, -0.2) is 35.8 Å². The van der Waals surface area contributed by atoms with Crippen LogP contribution in [0.5, 0.6) is 0 Å². The molecule has 8 nitrogen and oxygen atoms in total. The summed E-state index contributed by atoms with van der Waals surface area (Å²) < 4.78 is 4.65. The Morgan fingerprint density at radius 3 is 2.56 bits per heavy atom. The molecule has 0 aromatic rings. The number of amides is 3. The van der Waals surface area contributed by atoms with Gasteiger partial charge in [-0.05, 0) is 0 Å². The van der Waals surface area contributed by atoms with Crippen molar-refractivity contribution in [2.24, 2.45) is 11.5 Å². The predicted octanol–water partition coefficient (Wildman–Crippen LogP) is -2.85. The highest BCUT2D eigenvalue weighted by atomic mass is 16.6. The molecule has 5 N–H and O–H groups in total. The number of nitrogens with one attached hydrogen (secondary N) is 1. The van der Waals surface area contributed by atoms with E-state index in [-0.39, 0.29) is 12.8 Å². The first-order valence-electron chi connectivity index (χ1n) is 4.48. The van der Waals surface area contributed by atoms with E-state index in [9.17, 15) is 19.2 Å². The Hall–Kier alpha value is -1.96. The highest BCUT2D eigenvalue weighted by Gasteiger charge is 2.35. The smallest absolute Gasteiger partial charge is 0.324 e. The van der Waals surface area contributed by atoms with Gasteiger partial charge in [-0.25, -0.2) is 0 Å². The minimum Gasteiger partial charge on any atom is -0.451 e. The summed E-state index contributed by atoms with van der Waals surface area (Å²) in [4.78, 5) is 43.5. The molecule has 1 fully saturated rings. The maximum atomic E-state index is 11.2. The van der Waals surface area contributed by atoms with Crippen LogP contribution >= 0.6 is 0 Å². The SMILES string of the molecule is NC(=O)CC(N)C(=O)OC1CC(=O)NC1=O. The van der Waals surface area contributed by atoms with E-state index in [1.807, 2.05) is 5.32 Å². The van der Waals surface area contributed by atoms with Crippen LogP contribution in [0.25, 0.3) is 0 Å². The zero-order chi connectivity index (χ0) is 12.3. The Kier molecular flexibility index (Phi) is 3.56. The largest absolute Gasteiger partial charge is 0.451 e. The van der Waals surface area contributed by atoms with Crippen molar-refractivity contribution in [2.45, 2.75) is 25.0 Å². The fourth-order valence-corrected chi connectivity index (χ4v) is 1.15. The third-order valence-corrected chi connectivity index (χ3v) is 1.91. The average Bonchev–Trinajstić information content (AvgIpc) is 2.43. The second-order valence-corrected chi connectivity index (χ2v) is 3.32. The lowest BCUT2D eigenvalue weighted by molar-refractivity contribution is -0.155. The molecule has 0 aromatic carbocycles.